The summed E-state index contributed by atoms with van der Waals surface area (Å²) in [6.07, 6.45) is -2.73. The van der Waals surface area contributed by atoms with Crippen LogP contribution in [0.5, 0.6) is 0 Å². The number of alkyl halides is 3. The van der Waals surface area contributed by atoms with Gasteiger partial charge in [0.05, 0.1) is 5.69 Å². The monoisotopic (exact) mass is 403 g/mol. The molecule has 2 heterocycles. The summed E-state index contributed by atoms with van der Waals surface area (Å²) in [6.45, 7) is 0.955. The third-order valence-corrected chi connectivity index (χ3v) is 4.63. The van der Waals surface area contributed by atoms with E-state index in [9.17, 15) is 22.0 Å². The summed E-state index contributed by atoms with van der Waals surface area (Å²) in [4.78, 5) is 0. The predicted molar refractivity (Wildman–Crippen MR) is 97.6 cm³/mol. The van der Waals surface area contributed by atoms with Gasteiger partial charge in [0.15, 0.2) is 5.69 Å². The van der Waals surface area contributed by atoms with E-state index in [1.807, 2.05) is 6.08 Å². The molecule has 3 aromatic rings. The first-order valence-corrected chi connectivity index (χ1v) is 8.74. The van der Waals surface area contributed by atoms with Crippen molar-refractivity contribution in [1.82, 2.24) is 15.5 Å². The Morgan fingerprint density at radius 3 is 2.34 bits per heavy atom. The maximum Gasteiger partial charge on any atom is 0.435 e. The van der Waals surface area contributed by atoms with Crippen molar-refractivity contribution in [2.24, 2.45) is 0 Å². The molecule has 0 saturated carbocycles. The van der Waals surface area contributed by atoms with Gasteiger partial charge in [-0.15, -0.1) is 10.2 Å². The Bertz CT molecular complexity index is 1090. The van der Waals surface area contributed by atoms with Gasteiger partial charge in [-0.1, -0.05) is 18.2 Å². The van der Waals surface area contributed by atoms with Gasteiger partial charge in [-0.25, -0.2) is 8.78 Å². The second-order valence-corrected chi connectivity index (χ2v) is 6.55. The van der Waals surface area contributed by atoms with Crippen LogP contribution in [0.15, 0.2) is 54.6 Å². The Hall–Kier alpha value is -3.13. The van der Waals surface area contributed by atoms with Crippen molar-refractivity contribution >= 4 is 5.57 Å². The normalized spacial score (nSPS) is 14.2. The minimum Gasteiger partial charge on any atom is -0.309 e. The molecule has 0 spiro atoms. The third-order valence-electron chi connectivity index (χ3n) is 4.63. The van der Waals surface area contributed by atoms with Crippen LogP contribution >= 0.6 is 0 Å². The van der Waals surface area contributed by atoms with E-state index >= 15 is 0 Å². The van der Waals surface area contributed by atoms with Crippen molar-refractivity contribution in [3.05, 3.63) is 88.6 Å². The van der Waals surface area contributed by atoms with Gasteiger partial charge in [-0.2, -0.15) is 13.2 Å². The standard InChI is InChI=1S/C21H14F5N3/c22-14-2-4-17(18(23)10-14)16-7-8-27-11-13-9-12(1-3-15(13)16)19-5-6-20(29-28-19)21(24,25)26/h1-7,9-10,27H,8,11H2. The molecule has 1 aliphatic rings. The highest BCUT2D eigenvalue weighted by Crippen LogP contribution is 2.33. The first-order valence-electron chi connectivity index (χ1n) is 8.74. The average Bonchev–Trinajstić information content (AvgIpc) is 2.89. The number of hydrogen-bond donors (Lipinski definition) is 1. The van der Waals surface area contributed by atoms with Crippen molar-refractivity contribution in [2.45, 2.75) is 12.7 Å². The number of halogens is 5. The number of fused-ring (bicyclic) bond motifs is 1. The highest BCUT2D eigenvalue weighted by Gasteiger charge is 2.33. The van der Waals surface area contributed by atoms with Crippen LogP contribution in [0.2, 0.25) is 0 Å². The summed E-state index contributed by atoms with van der Waals surface area (Å²) in [5.41, 5.74) is 2.29. The molecule has 3 nitrogen and oxygen atoms in total. The molecule has 0 amide bonds. The SMILES string of the molecule is Fc1ccc(C2=CCNCc3cc(-c4ccc(C(F)(F)F)nn4)ccc32)c(F)c1. The molecule has 1 N–H and O–H groups in total. The van der Waals surface area contributed by atoms with Gasteiger partial charge in [0.25, 0.3) is 0 Å². The maximum atomic E-state index is 14.3. The molecule has 0 atom stereocenters. The number of nitrogens with zero attached hydrogens (tertiary/aromatic N) is 2. The molecule has 0 radical (unpaired) electrons. The number of aromatic nitrogens is 2. The van der Waals surface area contributed by atoms with Crippen LogP contribution in [0.1, 0.15) is 22.4 Å². The Labute approximate surface area is 162 Å². The van der Waals surface area contributed by atoms with Crippen LogP contribution in [0.3, 0.4) is 0 Å². The van der Waals surface area contributed by atoms with Gasteiger partial charge in [-0.3, -0.25) is 0 Å². The molecule has 0 bridgehead atoms. The van der Waals surface area contributed by atoms with Crippen molar-refractivity contribution in [3.8, 4) is 11.3 Å². The number of rotatable bonds is 2. The molecule has 2 aromatic carbocycles. The Kier molecular flexibility index (Phi) is 4.87. The van der Waals surface area contributed by atoms with Crippen LogP contribution in [-0.4, -0.2) is 16.7 Å². The van der Waals surface area contributed by atoms with E-state index in [-0.39, 0.29) is 5.56 Å². The molecule has 1 aromatic heterocycles. The summed E-state index contributed by atoms with van der Waals surface area (Å²) in [5, 5.41) is 10.1. The first-order chi connectivity index (χ1) is 13.8. The Morgan fingerprint density at radius 2 is 1.66 bits per heavy atom. The molecular formula is C21H14F5N3. The summed E-state index contributed by atoms with van der Waals surface area (Å²) < 4.78 is 65.7. The van der Waals surface area contributed by atoms with Crippen molar-refractivity contribution < 1.29 is 22.0 Å². The van der Waals surface area contributed by atoms with Gasteiger partial charge in [0.2, 0.25) is 0 Å². The summed E-state index contributed by atoms with van der Waals surface area (Å²) in [7, 11) is 0. The lowest BCUT2D eigenvalue weighted by Gasteiger charge is -2.14. The molecule has 1 aliphatic heterocycles. The number of benzene rings is 2. The first kappa shape index (κ1) is 19.2. The molecule has 4 rings (SSSR count). The van der Waals surface area contributed by atoms with Gasteiger partial charge in [-0.05, 0) is 47.0 Å². The third kappa shape index (κ3) is 3.88. The fraction of sp³-hybridized carbons (Fsp3) is 0.143. The lowest BCUT2D eigenvalue weighted by molar-refractivity contribution is -0.141. The molecule has 29 heavy (non-hydrogen) atoms. The quantitative estimate of drug-likeness (QED) is 0.614. The van der Waals surface area contributed by atoms with E-state index in [4.69, 9.17) is 0 Å². The topological polar surface area (TPSA) is 37.8 Å². The predicted octanol–water partition coefficient (Wildman–Crippen LogP) is 4.98. The van der Waals surface area contributed by atoms with Crippen LogP contribution in [-0.2, 0) is 12.7 Å². The largest absolute Gasteiger partial charge is 0.435 e. The molecule has 8 heteroatoms. The van der Waals surface area contributed by atoms with Crippen molar-refractivity contribution in [3.63, 3.8) is 0 Å². The van der Waals surface area contributed by atoms with Gasteiger partial charge in [0.1, 0.15) is 11.6 Å². The van der Waals surface area contributed by atoms with E-state index in [0.717, 1.165) is 23.3 Å². The zero-order valence-electron chi connectivity index (χ0n) is 14.9. The van der Waals surface area contributed by atoms with E-state index in [1.165, 1.54) is 18.2 Å². The number of hydrogen-bond acceptors (Lipinski definition) is 3. The zero-order chi connectivity index (χ0) is 20.6. The highest BCUT2D eigenvalue weighted by atomic mass is 19.4. The lowest BCUT2D eigenvalue weighted by atomic mass is 9.92. The van der Waals surface area contributed by atoms with Crippen LogP contribution < -0.4 is 5.32 Å². The van der Waals surface area contributed by atoms with Crippen LogP contribution in [0.4, 0.5) is 22.0 Å². The van der Waals surface area contributed by atoms with E-state index < -0.39 is 23.5 Å². The fourth-order valence-corrected chi connectivity index (χ4v) is 3.25. The minimum atomic E-state index is -4.55. The second-order valence-electron chi connectivity index (χ2n) is 6.55. The van der Waals surface area contributed by atoms with Crippen LogP contribution in [0.25, 0.3) is 16.8 Å². The van der Waals surface area contributed by atoms with Gasteiger partial charge >= 0.3 is 6.18 Å². The van der Waals surface area contributed by atoms with Crippen molar-refractivity contribution in [2.75, 3.05) is 6.54 Å². The average molecular weight is 403 g/mol. The molecule has 0 unspecified atom stereocenters. The van der Waals surface area contributed by atoms with E-state index in [0.29, 0.717) is 29.9 Å². The van der Waals surface area contributed by atoms with Crippen molar-refractivity contribution in [1.29, 1.82) is 0 Å². The van der Waals surface area contributed by atoms with Gasteiger partial charge < -0.3 is 5.32 Å². The zero-order valence-corrected chi connectivity index (χ0v) is 14.9. The Morgan fingerprint density at radius 1 is 0.862 bits per heavy atom. The summed E-state index contributed by atoms with van der Waals surface area (Å²) in [5.74, 6) is -1.32. The smallest absolute Gasteiger partial charge is 0.309 e. The summed E-state index contributed by atoms with van der Waals surface area (Å²) in [6, 6.07) is 10.8. The summed E-state index contributed by atoms with van der Waals surface area (Å²) >= 11 is 0. The molecule has 148 valence electrons. The number of nitrogens with one attached hydrogen (secondary N) is 1. The second kappa shape index (κ2) is 7.36. The Balaban J connectivity index is 1.73. The molecular weight excluding hydrogens is 389 g/mol. The molecule has 0 fully saturated rings. The van der Waals surface area contributed by atoms with E-state index in [2.05, 4.69) is 15.5 Å². The molecule has 0 saturated heterocycles. The molecule has 0 aliphatic carbocycles. The minimum absolute atomic E-state index is 0.276. The van der Waals surface area contributed by atoms with Gasteiger partial charge in [0, 0.05) is 30.3 Å². The van der Waals surface area contributed by atoms with Crippen LogP contribution in [0, 0.1) is 11.6 Å². The lowest BCUT2D eigenvalue weighted by Crippen LogP contribution is -2.11. The maximum absolute atomic E-state index is 14.3. The van der Waals surface area contributed by atoms with E-state index in [1.54, 1.807) is 18.2 Å². The fourth-order valence-electron chi connectivity index (χ4n) is 3.25. The highest BCUT2D eigenvalue weighted by molar-refractivity contribution is 5.83.